The molecule has 0 saturated carbocycles. The van der Waals surface area contributed by atoms with Gasteiger partial charge in [-0.2, -0.15) is 0 Å². The summed E-state index contributed by atoms with van der Waals surface area (Å²) in [7, 11) is 0. The topological polar surface area (TPSA) is 78.9 Å². The molecule has 0 fully saturated rings. The van der Waals surface area contributed by atoms with E-state index in [0.29, 0.717) is 12.4 Å². The highest BCUT2D eigenvalue weighted by Crippen LogP contribution is 2.30. The molecule has 2 aromatic carbocycles. The largest absolute Gasteiger partial charge is 0.337 e. The smallest absolute Gasteiger partial charge is 0.157 e. The summed E-state index contributed by atoms with van der Waals surface area (Å²) in [5.74, 6) is 0.426. The maximum absolute atomic E-state index is 14.0. The number of H-pyrrole nitrogens is 1. The van der Waals surface area contributed by atoms with E-state index in [1.54, 1.807) is 6.07 Å². The van der Waals surface area contributed by atoms with Crippen LogP contribution in [0, 0.1) is 5.82 Å². The Morgan fingerprint density at radius 2 is 1.84 bits per heavy atom. The fourth-order valence-electron chi connectivity index (χ4n) is 4.82. The number of benzene rings is 2. The number of nitrogens with zero attached hydrogens (tertiary/aromatic N) is 4. The lowest BCUT2D eigenvalue weighted by Crippen LogP contribution is -2.12. The van der Waals surface area contributed by atoms with Gasteiger partial charge in [-0.25, -0.2) is 9.37 Å². The van der Waals surface area contributed by atoms with Crippen LogP contribution in [-0.2, 0) is 13.0 Å². The number of aromatic nitrogens is 4. The van der Waals surface area contributed by atoms with Gasteiger partial charge < -0.3 is 10.3 Å². The van der Waals surface area contributed by atoms with E-state index in [2.05, 4.69) is 34.3 Å². The first-order chi connectivity index (χ1) is 18.2. The van der Waals surface area contributed by atoms with Crippen molar-refractivity contribution in [3.63, 3.8) is 0 Å². The van der Waals surface area contributed by atoms with E-state index in [1.165, 1.54) is 12.1 Å². The minimum absolute atomic E-state index is 0.269. The van der Waals surface area contributed by atoms with E-state index in [4.69, 9.17) is 15.0 Å². The zero-order valence-electron chi connectivity index (χ0n) is 20.6. The second kappa shape index (κ2) is 10.0. The fraction of sp³-hybridized carbons (Fsp3) is 0.200. The predicted octanol–water partition coefficient (Wildman–Crippen LogP) is 5.72. The Morgan fingerprint density at radius 3 is 2.73 bits per heavy atom. The van der Waals surface area contributed by atoms with Crippen LogP contribution in [0.15, 0.2) is 78.2 Å². The number of hydrogen-bond donors (Lipinski definition) is 2. The van der Waals surface area contributed by atoms with Crippen LogP contribution in [0.5, 0.6) is 0 Å². The van der Waals surface area contributed by atoms with E-state index < -0.39 is 0 Å². The van der Waals surface area contributed by atoms with Gasteiger partial charge in [0.25, 0.3) is 0 Å². The summed E-state index contributed by atoms with van der Waals surface area (Å²) in [4.78, 5) is 22.7. The molecule has 184 valence electrons. The Bertz CT molecular complexity index is 1620. The molecule has 7 heteroatoms. The third kappa shape index (κ3) is 4.66. The fourth-order valence-corrected chi connectivity index (χ4v) is 4.82. The number of fused-ring (bicyclic) bond motifs is 2. The summed E-state index contributed by atoms with van der Waals surface area (Å²) >= 11 is 0. The number of imidazole rings is 1. The van der Waals surface area contributed by atoms with Gasteiger partial charge in [0.15, 0.2) is 5.82 Å². The van der Waals surface area contributed by atoms with E-state index >= 15 is 0 Å². The molecule has 0 radical (unpaired) electrons. The molecule has 37 heavy (non-hydrogen) atoms. The van der Waals surface area contributed by atoms with Gasteiger partial charge >= 0.3 is 0 Å². The third-order valence-electron chi connectivity index (χ3n) is 6.65. The normalized spacial score (nSPS) is 13.3. The van der Waals surface area contributed by atoms with Gasteiger partial charge in [0.05, 0.1) is 11.0 Å². The van der Waals surface area contributed by atoms with Gasteiger partial charge in [-0.1, -0.05) is 31.2 Å². The summed E-state index contributed by atoms with van der Waals surface area (Å²) in [6.45, 7) is 4.47. The van der Waals surface area contributed by atoms with E-state index in [9.17, 15) is 4.39 Å². The number of para-hydroxylation sites is 1. The van der Waals surface area contributed by atoms with Gasteiger partial charge in [0.1, 0.15) is 11.5 Å². The molecule has 4 heterocycles. The van der Waals surface area contributed by atoms with Crippen molar-refractivity contribution in [3.8, 4) is 22.3 Å². The highest BCUT2D eigenvalue weighted by Gasteiger charge is 2.21. The van der Waals surface area contributed by atoms with Crippen LogP contribution >= 0.6 is 0 Å². The average Bonchev–Trinajstić information content (AvgIpc) is 3.25. The molecule has 6 rings (SSSR count). The third-order valence-corrected chi connectivity index (χ3v) is 6.65. The number of aryl methyl sites for hydroxylation is 1. The molecule has 2 N–H and O–H groups in total. The number of hydrogen-bond acceptors (Lipinski definition) is 5. The van der Waals surface area contributed by atoms with Crippen LogP contribution in [0.4, 0.5) is 4.39 Å². The molecule has 0 saturated heterocycles. The lowest BCUT2D eigenvalue weighted by molar-refractivity contribution is 0.628. The van der Waals surface area contributed by atoms with Gasteiger partial charge in [-0.15, -0.1) is 0 Å². The standard InChI is InChI=1S/C30H27FN6/c1-2-32-15-19-12-21(17-33-16-19)22-14-25-26(35-18-22)10-5-11-34-29(25)30-36-27-9-4-8-24(28(27)37-30)20-6-3-7-23(31)13-20/h3-4,6-9,12-14,16-18,32H,2,5,10-11,15H2,1H3,(H,36,37). The summed E-state index contributed by atoms with van der Waals surface area (Å²) in [5, 5.41) is 3.35. The monoisotopic (exact) mass is 490 g/mol. The Kier molecular flexibility index (Phi) is 6.28. The number of pyridine rings is 2. The maximum Gasteiger partial charge on any atom is 0.157 e. The Hall–Kier alpha value is -4.23. The molecular weight excluding hydrogens is 463 g/mol. The van der Waals surface area contributed by atoms with Crippen LogP contribution in [0.3, 0.4) is 0 Å². The number of halogens is 1. The molecule has 0 atom stereocenters. The molecule has 3 aromatic heterocycles. The zero-order valence-corrected chi connectivity index (χ0v) is 20.6. The molecule has 0 bridgehead atoms. The molecule has 0 amide bonds. The van der Waals surface area contributed by atoms with Crippen molar-refractivity contribution < 1.29 is 4.39 Å². The number of aliphatic imine (C=N–C) groups is 1. The minimum atomic E-state index is -0.269. The van der Waals surface area contributed by atoms with Crippen molar-refractivity contribution >= 4 is 16.7 Å². The quantitative estimate of drug-likeness (QED) is 0.319. The van der Waals surface area contributed by atoms with Crippen LogP contribution < -0.4 is 5.32 Å². The van der Waals surface area contributed by atoms with Crippen molar-refractivity contribution in [1.29, 1.82) is 0 Å². The molecule has 0 aliphatic carbocycles. The first kappa shape index (κ1) is 23.2. The van der Waals surface area contributed by atoms with Crippen LogP contribution in [-0.4, -0.2) is 38.7 Å². The van der Waals surface area contributed by atoms with Crippen molar-refractivity contribution in [2.24, 2.45) is 4.99 Å². The van der Waals surface area contributed by atoms with Crippen LogP contribution in [0.2, 0.25) is 0 Å². The van der Waals surface area contributed by atoms with E-state index in [0.717, 1.165) is 81.8 Å². The highest BCUT2D eigenvalue weighted by atomic mass is 19.1. The first-order valence-electron chi connectivity index (χ1n) is 12.6. The Balaban J connectivity index is 1.43. The molecule has 1 aliphatic rings. The number of nitrogens with one attached hydrogen (secondary N) is 2. The van der Waals surface area contributed by atoms with Gasteiger partial charge in [-0.3, -0.25) is 15.0 Å². The lowest BCUT2D eigenvalue weighted by atomic mass is 10.00. The van der Waals surface area contributed by atoms with Gasteiger partial charge in [-0.05, 0) is 60.8 Å². The SMILES string of the molecule is CCNCc1cncc(-c2cnc3c(c2)C(c2nc4c(-c5cccc(F)c5)cccc4[nH]2)=NCCC3)c1. The van der Waals surface area contributed by atoms with Crippen molar-refractivity contribution in [1.82, 2.24) is 25.3 Å². The first-order valence-corrected chi connectivity index (χ1v) is 12.6. The van der Waals surface area contributed by atoms with Crippen molar-refractivity contribution in [3.05, 3.63) is 102 Å². The Labute approximate surface area is 214 Å². The number of aromatic amines is 1. The zero-order chi connectivity index (χ0) is 25.2. The second-order valence-corrected chi connectivity index (χ2v) is 9.21. The molecule has 1 aliphatic heterocycles. The van der Waals surface area contributed by atoms with E-state index in [1.807, 2.05) is 42.9 Å². The summed E-state index contributed by atoms with van der Waals surface area (Å²) in [5.41, 5.74) is 9.30. The molecular formula is C30H27FN6. The van der Waals surface area contributed by atoms with Gasteiger partial charge in [0, 0.05) is 59.6 Å². The van der Waals surface area contributed by atoms with E-state index in [-0.39, 0.29) is 5.82 Å². The van der Waals surface area contributed by atoms with Crippen molar-refractivity contribution in [2.75, 3.05) is 13.1 Å². The summed E-state index contributed by atoms with van der Waals surface area (Å²) in [6, 6.07) is 16.8. The minimum Gasteiger partial charge on any atom is -0.337 e. The van der Waals surface area contributed by atoms with Gasteiger partial charge in [0.2, 0.25) is 0 Å². The molecule has 5 aromatic rings. The summed E-state index contributed by atoms with van der Waals surface area (Å²) < 4.78 is 14.0. The molecule has 0 spiro atoms. The predicted molar refractivity (Wildman–Crippen MR) is 145 cm³/mol. The van der Waals surface area contributed by atoms with Crippen LogP contribution in [0.1, 0.15) is 36.0 Å². The second-order valence-electron chi connectivity index (χ2n) is 9.21. The number of rotatable bonds is 6. The maximum atomic E-state index is 14.0. The molecule has 6 nitrogen and oxygen atoms in total. The lowest BCUT2D eigenvalue weighted by Gasteiger charge is -2.11. The highest BCUT2D eigenvalue weighted by molar-refractivity contribution is 6.13. The Morgan fingerprint density at radius 1 is 0.946 bits per heavy atom. The van der Waals surface area contributed by atoms with Crippen LogP contribution in [0.25, 0.3) is 33.3 Å². The molecule has 0 unspecified atom stereocenters. The summed E-state index contributed by atoms with van der Waals surface area (Å²) in [6.07, 6.45) is 7.48. The van der Waals surface area contributed by atoms with Crippen molar-refractivity contribution in [2.45, 2.75) is 26.3 Å². The average molecular weight is 491 g/mol.